The van der Waals surface area contributed by atoms with Crippen LogP contribution in [0, 0.1) is 0 Å². The van der Waals surface area contributed by atoms with Gasteiger partial charge in [0.05, 0.1) is 24.1 Å². The zero-order valence-corrected chi connectivity index (χ0v) is 11.3. The number of amides is 1. The third kappa shape index (κ3) is 3.48. The van der Waals surface area contributed by atoms with E-state index in [-0.39, 0.29) is 5.91 Å². The lowest BCUT2D eigenvalue weighted by atomic mass is 10.1. The number of hydrogen-bond donors (Lipinski definition) is 3. The van der Waals surface area contributed by atoms with Crippen LogP contribution >= 0.6 is 11.6 Å². The van der Waals surface area contributed by atoms with Gasteiger partial charge in [-0.3, -0.25) is 4.79 Å². The van der Waals surface area contributed by atoms with Gasteiger partial charge in [0.1, 0.15) is 0 Å². The molecule has 0 fully saturated rings. The molecule has 0 unspecified atom stereocenters. The average Bonchev–Trinajstić information content (AvgIpc) is 2.91. The molecule has 0 radical (unpaired) electrons. The molecule has 2 rings (SSSR count). The molecular weight excluding hydrogens is 264 g/mol. The minimum atomic E-state index is -0.173. The number of aromatic amines is 1. The fourth-order valence-corrected chi connectivity index (χ4v) is 1.87. The Morgan fingerprint density at radius 2 is 2.32 bits per heavy atom. The van der Waals surface area contributed by atoms with Crippen molar-refractivity contribution in [2.75, 3.05) is 11.9 Å². The molecule has 3 N–H and O–H groups in total. The average molecular weight is 279 g/mol. The third-order valence-corrected chi connectivity index (χ3v) is 2.82. The molecule has 0 atom stereocenters. The highest BCUT2D eigenvalue weighted by Crippen LogP contribution is 2.20. The largest absolute Gasteiger partial charge is 0.385 e. The Labute approximate surface area is 116 Å². The molecule has 1 aromatic heterocycles. The van der Waals surface area contributed by atoms with Crippen LogP contribution < -0.4 is 10.6 Å². The molecular formula is C13H15ClN4O. The third-order valence-electron chi connectivity index (χ3n) is 2.59. The standard InChI is InChI=1S/C13H15ClN4O/c1-2-16-12-4-3-9(14)5-11(12)13(19)17-7-10-6-15-8-18-10/h3-6,8,16H,2,7H2,1H3,(H,15,18)(H,17,19). The number of nitrogens with one attached hydrogen (secondary N) is 3. The summed E-state index contributed by atoms with van der Waals surface area (Å²) in [5.74, 6) is -0.173. The van der Waals surface area contributed by atoms with E-state index in [4.69, 9.17) is 11.6 Å². The Balaban J connectivity index is 2.11. The van der Waals surface area contributed by atoms with Crippen LogP contribution in [0.1, 0.15) is 23.0 Å². The summed E-state index contributed by atoms with van der Waals surface area (Å²) in [6.45, 7) is 3.11. The van der Waals surface area contributed by atoms with Gasteiger partial charge >= 0.3 is 0 Å². The van der Waals surface area contributed by atoms with Gasteiger partial charge in [0.25, 0.3) is 5.91 Å². The van der Waals surface area contributed by atoms with Crippen molar-refractivity contribution < 1.29 is 4.79 Å². The number of H-pyrrole nitrogens is 1. The zero-order valence-electron chi connectivity index (χ0n) is 10.5. The minimum absolute atomic E-state index is 0.173. The predicted octanol–water partition coefficient (Wildman–Crippen LogP) is 2.42. The lowest BCUT2D eigenvalue weighted by Crippen LogP contribution is -2.24. The van der Waals surface area contributed by atoms with Gasteiger partial charge in [0.2, 0.25) is 0 Å². The van der Waals surface area contributed by atoms with Crippen molar-refractivity contribution in [3.63, 3.8) is 0 Å². The van der Waals surface area contributed by atoms with E-state index in [1.165, 1.54) is 0 Å². The number of imidazole rings is 1. The predicted molar refractivity (Wildman–Crippen MR) is 75.4 cm³/mol. The quantitative estimate of drug-likeness (QED) is 0.787. The SMILES string of the molecule is CCNc1ccc(Cl)cc1C(=O)NCc1cnc[nH]1. The van der Waals surface area contributed by atoms with Gasteiger partial charge < -0.3 is 15.6 Å². The Kier molecular flexibility index (Phi) is 4.41. The lowest BCUT2D eigenvalue weighted by molar-refractivity contribution is 0.0951. The van der Waals surface area contributed by atoms with Crippen molar-refractivity contribution in [1.29, 1.82) is 0 Å². The van der Waals surface area contributed by atoms with Crippen molar-refractivity contribution in [1.82, 2.24) is 15.3 Å². The van der Waals surface area contributed by atoms with Crippen LogP contribution in [0.2, 0.25) is 5.02 Å². The summed E-state index contributed by atoms with van der Waals surface area (Å²) >= 11 is 5.94. The Hall–Kier alpha value is -2.01. The van der Waals surface area contributed by atoms with E-state index in [2.05, 4.69) is 20.6 Å². The van der Waals surface area contributed by atoms with Crippen molar-refractivity contribution in [2.45, 2.75) is 13.5 Å². The van der Waals surface area contributed by atoms with E-state index >= 15 is 0 Å². The molecule has 0 aliphatic carbocycles. The molecule has 0 bridgehead atoms. The summed E-state index contributed by atoms with van der Waals surface area (Å²) in [6.07, 6.45) is 3.24. The number of benzene rings is 1. The van der Waals surface area contributed by atoms with Gasteiger partial charge in [0, 0.05) is 23.5 Å². The number of halogens is 1. The maximum Gasteiger partial charge on any atom is 0.253 e. The first-order valence-corrected chi connectivity index (χ1v) is 6.37. The smallest absolute Gasteiger partial charge is 0.253 e. The topological polar surface area (TPSA) is 69.8 Å². The van der Waals surface area contributed by atoms with E-state index in [9.17, 15) is 4.79 Å². The fraction of sp³-hybridized carbons (Fsp3) is 0.231. The van der Waals surface area contributed by atoms with Crippen molar-refractivity contribution in [3.05, 3.63) is 47.0 Å². The van der Waals surface area contributed by atoms with Gasteiger partial charge in [-0.05, 0) is 25.1 Å². The van der Waals surface area contributed by atoms with Crippen LogP contribution in [0.4, 0.5) is 5.69 Å². The molecule has 100 valence electrons. The number of hydrogen-bond acceptors (Lipinski definition) is 3. The van der Waals surface area contributed by atoms with Crippen molar-refractivity contribution in [3.8, 4) is 0 Å². The van der Waals surface area contributed by atoms with Crippen molar-refractivity contribution >= 4 is 23.2 Å². The molecule has 0 spiro atoms. The van der Waals surface area contributed by atoms with E-state index in [1.54, 1.807) is 30.7 Å². The number of rotatable bonds is 5. The van der Waals surface area contributed by atoms with E-state index < -0.39 is 0 Å². The maximum absolute atomic E-state index is 12.1. The first-order valence-electron chi connectivity index (χ1n) is 5.99. The first-order chi connectivity index (χ1) is 9.20. The fourth-order valence-electron chi connectivity index (χ4n) is 1.70. The maximum atomic E-state index is 12.1. The summed E-state index contributed by atoms with van der Waals surface area (Å²) in [7, 11) is 0. The molecule has 1 aromatic carbocycles. The minimum Gasteiger partial charge on any atom is -0.385 e. The van der Waals surface area contributed by atoms with Crippen molar-refractivity contribution in [2.24, 2.45) is 0 Å². The molecule has 6 heteroatoms. The van der Waals surface area contributed by atoms with E-state index in [0.717, 1.165) is 17.9 Å². The summed E-state index contributed by atoms with van der Waals surface area (Å²) in [5, 5.41) is 6.49. The van der Waals surface area contributed by atoms with E-state index in [1.807, 2.05) is 6.92 Å². The van der Waals surface area contributed by atoms with Gasteiger partial charge in [-0.15, -0.1) is 0 Å². The van der Waals surface area contributed by atoms with Gasteiger partial charge in [-0.2, -0.15) is 0 Å². The Bertz CT molecular complexity index is 554. The second kappa shape index (κ2) is 6.24. The van der Waals surface area contributed by atoms with Crippen LogP contribution in [-0.4, -0.2) is 22.4 Å². The molecule has 0 aliphatic rings. The molecule has 0 saturated heterocycles. The summed E-state index contributed by atoms with van der Waals surface area (Å²) < 4.78 is 0. The Morgan fingerprint density at radius 1 is 1.47 bits per heavy atom. The monoisotopic (exact) mass is 278 g/mol. The normalized spacial score (nSPS) is 10.2. The number of carbonyl (C=O) groups is 1. The van der Waals surface area contributed by atoms with E-state index in [0.29, 0.717) is 17.1 Å². The molecule has 1 amide bonds. The summed E-state index contributed by atoms with van der Waals surface area (Å²) in [6, 6.07) is 5.21. The van der Waals surface area contributed by atoms with Crippen LogP contribution in [-0.2, 0) is 6.54 Å². The first kappa shape index (κ1) is 13.4. The number of carbonyl (C=O) groups excluding carboxylic acids is 1. The number of aromatic nitrogens is 2. The molecule has 2 aromatic rings. The van der Waals surface area contributed by atoms with Crippen LogP contribution in [0.15, 0.2) is 30.7 Å². The van der Waals surface area contributed by atoms with Gasteiger partial charge in [0.15, 0.2) is 0 Å². The lowest BCUT2D eigenvalue weighted by Gasteiger charge is -2.11. The van der Waals surface area contributed by atoms with Gasteiger partial charge in [-0.1, -0.05) is 11.6 Å². The molecule has 5 nitrogen and oxygen atoms in total. The highest BCUT2D eigenvalue weighted by Gasteiger charge is 2.11. The zero-order chi connectivity index (χ0) is 13.7. The van der Waals surface area contributed by atoms with Crippen LogP contribution in [0.3, 0.4) is 0 Å². The molecule has 1 heterocycles. The molecule has 0 aliphatic heterocycles. The highest BCUT2D eigenvalue weighted by molar-refractivity contribution is 6.31. The summed E-state index contributed by atoms with van der Waals surface area (Å²) in [5.41, 5.74) is 2.16. The van der Waals surface area contributed by atoms with Crippen LogP contribution in [0.25, 0.3) is 0 Å². The number of nitrogens with zero attached hydrogens (tertiary/aromatic N) is 1. The second-order valence-electron chi connectivity index (χ2n) is 3.98. The van der Waals surface area contributed by atoms with Gasteiger partial charge in [-0.25, -0.2) is 4.98 Å². The molecule has 19 heavy (non-hydrogen) atoms. The number of anilines is 1. The second-order valence-corrected chi connectivity index (χ2v) is 4.42. The highest BCUT2D eigenvalue weighted by atomic mass is 35.5. The van der Waals surface area contributed by atoms with Crippen LogP contribution in [0.5, 0.6) is 0 Å². The molecule has 0 saturated carbocycles. The Morgan fingerprint density at radius 3 is 3.00 bits per heavy atom. The summed E-state index contributed by atoms with van der Waals surface area (Å²) in [4.78, 5) is 19.0.